The summed E-state index contributed by atoms with van der Waals surface area (Å²) in [7, 11) is 0. The fourth-order valence-electron chi connectivity index (χ4n) is 6.22. The van der Waals surface area contributed by atoms with Crippen molar-refractivity contribution in [2.75, 3.05) is 26.2 Å². The van der Waals surface area contributed by atoms with Gasteiger partial charge in [-0.1, -0.05) is 60.7 Å². The van der Waals surface area contributed by atoms with Crippen molar-refractivity contribution in [3.8, 4) is 6.07 Å². The predicted octanol–water partition coefficient (Wildman–Crippen LogP) is 4.31. The molecule has 4 rings (SSSR count). The molecule has 0 spiro atoms. The fraction of sp³-hybridized carbons (Fsp3) is 0.467. The number of benzene rings is 2. The number of nitrogens with zero attached hydrogens (tertiary/aromatic N) is 4. The molecule has 0 aromatic heterocycles. The molecule has 190 valence electrons. The molecule has 6 heteroatoms. The van der Waals surface area contributed by atoms with Gasteiger partial charge in [0.15, 0.2) is 0 Å². The Kier molecular flexibility index (Phi) is 7.54. The zero-order valence-electron chi connectivity index (χ0n) is 22.0. The average molecular weight is 486 g/mol. The molecule has 36 heavy (non-hydrogen) atoms. The first-order valence-corrected chi connectivity index (χ1v) is 12.9. The molecule has 0 saturated carbocycles. The van der Waals surface area contributed by atoms with Gasteiger partial charge in [-0.05, 0) is 51.7 Å². The molecule has 2 aliphatic rings. The summed E-state index contributed by atoms with van der Waals surface area (Å²) in [6.07, 6.45) is 3.43. The second kappa shape index (κ2) is 10.5. The second-order valence-corrected chi connectivity index (χ2v) is 11.4. The summed E-state index contributed by atoms with van der Waals surface area (Å²) < 4.78 is 0. The van der Waals surface area contributed by atoms with Crippen LogP contribution in [0, 0.1) is 11.3 Å². The van der Waals surface area contributed by atoms with Crippen molar-refractivity contribution in [3.05, 3.63) is 83.6 Å². The van der Waals surface area contributed by atoms with Crippen molar-refractivity contribution >= 4 is 5.91 Å². The first kappa shape index (κ1) is 25.9. The molecule has 2 fully saturated rings. The molecule has 2 aliphatic heterocycles. The third-order valence-electron chi connectivity index (χ3n) is 7.63. The molecule has 0 atom stereocenters. The van der Waals surface area contributed by atoms with Crippen LogP contribution in [-0.4, -0.2) is 63.9 Å². The zero-order valence-corrected chi connectivity index (χ0v) is 22.0. The van der Waals surface area contributed by atoms with Crippen molar-refractivity contribution in [1.82, 2.24) is 14.7 Å². The summed E-state index contributed by atoms with van der Waals surface area (Å²) in [6, 6.07) is 23.5. The summed E-state index contributed by atoms with van der Waals surface area (Å²) >= 11 is 0. The van der Waals surface area contributed by atoms with Crippen LogP contribution in [-0.2, 0) is 4.79 Å². The van der Waals surface area contributed by atoms with Gasteiger partial charge >= 0.3 is 0 Å². The Bertz CT molecular complexity index is 1050. The molecular formula is C30H39N5O. The number of amides is 1. The lowest BCUT2D eigenvalue weighted by atomic mass is 9.77. The van der Waals surface area contributed by atoms with E-state index in [2.05, 4.69) is 92.1 Å². The zero-order chi connectivity index (χ0) is 25.9. The lowest BCUT2D eigenvalue weighted by Gasteiger charge is -2.54. The van der Waals surface area contributed by atoms with Crippen molar-refractivity contribution in [3.63, 3.8) is 0 Å². The number of piperazine rings is 1. The number of likely N-dealkylation sites (tertiary alicyclic amines) is 1. The van der Waals surface area contributed by atoms with Gasteiger partial charge in [0.25, 0.3) is 5.91 Å². The third kappa shape index (κ3) is 5.48. The van der Waals surface area contributed by atoms with E-state index >= 15 is 0 Å². The van der Waals surface area contributed by atoms with Crippen LogP contribution in [0.2, 0.25) is 0 Å². The molecule has 6 nitrogen and oxygen atoms in total. The standard InChI is InChI=1S/C30H39N5O/c1-29(2)19-26(32)20-30(3,4)35(29)22-25(21-31)28(36)34-17-15-33(16-18-34)27(23-11-7-5-8-12-23)24-13-9-6-10-14-24/h5-14,22,26-27H,15-20,32H2,1-4H3/b25-22-. The van der Waals surface area contributed by atoms with Crippen LogP contribution in [0.3, 0.4) is 0 Å². The minimum absolute atomic E-state index is 0.108. The first-order chi connectivity index (χ1) is 17.1. The monoisotopic (exact) mass is 485 g/mol. The predicted molar refractivity (Wildman–Crippen MR) is 144 cm³/mol. The maximum Gasteiger partial charge on any atom is 0.266 e. The van der Waals surface area contributed by atoms with Gasteiger partial charge in [-0.15, -0.1) is 0 Å². The lowest BCUT2D eigenvalue weighted by molar-refractivity contribution is -0.128. The van der Waals surface area contributed by atoms with Gasteiger partial charge in [-0.3, -0.25) is 9.69 Å². The molecule has 0 aliphatic carbocycles. The molecule has 2 aromatic rings. The van der Waals surface area contributed by atoms with E-state index in [1.165, 1.54) is 11.1 Å². The quantitative estimate of drug-likeness (QED) is 0.505. The summed E-state index contributed by atoms with van der Waals surface area (Å²) in [4.78, 5) is 19.9. The van der Waals surface area contributed by atoms with E-state index < -0.39 is 0 Å². The van der Waals surface area contributed by atoms with Crippen LogP contribution in [0.25, 0.3) is 0 Å². The SMILES string of the molecule is CC1(C)CC(N)CC(C)(C)N1/C=C(/C#N)C(=O)N1CCN(C(c2ccccc2)c2ccccc2)CC1. The van der Waals surface area contributed by atoms with E-state index in [0.29, 0.717) is 13.1 Å². The summed E-state index contributed by atoms with van der Waals surface area (Å²) in [5, 5.41) is 9.96. The maximum absolute atomic E-state index is 13.5. The van der Waals surface area contributed by atoms with Gasteiger partial charge in [0, 0.05) is 49.5 Å². The highest BCUT2D eigenvalue weighted by Gasteiger charge is 2.43. The summed E-state index contributed by atoms with van der Waals surface area (Å²) in [6.45, 7) is 11.2. The van der Waals surface area contributed by atoms with Crippen molar-refractivity contribution in [1.29, 1.82) is 5.26 Å². The Morgan fingerprint density at radius 1 is 0.917 bits per heavy atom. The number of rotatable bonds is 5. The molecular weight excluding hydrogens is 446 g/mol. The Morgan fingerprint density at radius 3 is 1.83 bits per heavy atom. The molecule has 0 bridgehead atoms. The van der Waals surface area contributed by atoms with Crippen LogP contribution in [0.1, 0.15) is 57.7 Å². The number of nitriles is 1. The number of hydrogen-bond donors (Lipinski definition) is 1. The normalized spacial score (nSPS) is 20.9. The topological polar surface area (TPSA) is 76.6 Å². The van der Waals surface area contributed by atoms with Crippen LogP contribution >= 0.6 is 0 Å². The molecule has 2 aromatic carbocycles. The number of piperidine rings is 1. The minimum Gasteiger partial charge on any atom is -0.366 e. The molecule has 1 amide bonds. The van der Waals surface area contributed by atoms with E-state index in [9.17, 15) is 10.1 Å². The maximum atomic E-state index is 13.5. The van der Waals surface area contributed by atoms with E-state index in [1.807, 2.05) is 17.0 Å². The Hall–Kier alpha value is -3.14. The number of hydrogen-bond acceptors (Lipinski definition) is 5. The Morgan fingerprint density at radius 2 is 1.39 bits per heavy atom. The number of carbonyl (C=O) groups excluding carboxylic acids is 1. The lowest BCUT2D eigenvalue weighted by Crippen LogP contribution is -2.61. The highest BCUT2D eigenvalue weighted by Crippen LogP contribution is 2.38. The van der Waals surface area contributed by atoms with Crippen molar-refractivity contribution < 1.29 is 4.79 Å². The van der Waals surface area contributed by atoms with Gasteiger partial charge in [0.2, 0.25) is 0 Å². The molecule has 0 unspecified atom stereocenters. The molecule has 2 saturated heterocycles. The van der Waals surface area contributed by atoms with Crippen LogP contribution in [0.4, 0.5) is 0 Å². The van der Waals surface area contributed by atoms with Gasteiger partial charge in [-0.25, -0.2) is 0 Å². The number of carbonyl (C=O) groups is 1. The van der Waals surface area contributed by atoms with Gasteiger partial charge in [-0.2, -0.15) is 5.26 Å². The molecule has 2 N–H and O–H groups in total. The first-order valence-electron chi connectivity index (χ1n) is 12.9. The Labute approximate surface area is 216 Å². The van der Waals surface area contributed by atoms with E-state index in [-0.39, 0.29) is 34.6 Å². The third-order valence-corrected chi connectivity index (χ3v) is 7.63. The number of nitrogens with two attached hydrogens (primary N) is 1. The second-order valence-electron chi connectivity index (χ2n) is 11.4. The fourth-order valence-corrected chi connectivity index (χ4v) is 6.22. The molecule has 0 radical (unpaired) electrons. The van der Waals surface area contributed by atoms with Crippen LogP contribution < -0.4 is 5.73 Å². The van der Waals surface area contributed by atoms with Crippen molar-refractivity contribution in [2.45, 2.75) is 63.7 Å². The molecule has 2 heterocycles. The van der Waals surface area contributed by atoms with Crippen LogP contribution in [0.15, 0.2) is 72.4 Å². The van der Waals surface area contributed by atoms with E-state index in [4.69, 9.17) is 5.73 Å². The van der Waals surface area contributed by atoms with Gasteiger partial charge < -0.3 is 15.5 Å². The highest BCUT2D eigenvalue weighted by molar-refractivity contribution is 5.97. The average Bonchev–Trinajstić information content (AvgIpc) is 2.84. The van der Waals surface area contributed by atoms with Gasteiger partial charge in [0.1, 0.15) is 11.6 Å². The Balaban J connectivity index is 1.51. The van der Waals surface area contributed by atoms with E-state index in [0.717, 1.165) is 25.9 Å². The largest absolute Gasteiger partial charge is 0.366 e. The highest BCUT2D eigenvalue weighted by atomic mass is 16.2. The van der Waals surface area contributed by atoms with Crippen molar-refractivity contribution in [2.24, 2.45) is 5.73 Å². The van der Waals surface area contributed by atoms with Crippen LogP contribution in [0.5, 0.6) is 0 Å². The smallest absolute Gasteiger partial charge is 0.266 e. The van der Waals surface area contributed by atoms with E-state index in [1.54, 1.807) is 6.20 Å². The summed E-state index contributed by atoms with van der Waals surface area (Å²) in [5.74, 6) is -0.186. The van der Waals surface area contributed by atoms with Gasteiger partial charge in [0.05, 0.1) is 6.04 Å². The minimum atomic E-state index is -0.235. The summed E-state index contributed by atoms with van der Waals surface area (Å²) in [5.41, 5.74) is 8.53.